The van der Waals surface area contributed by atoms with Crippen molar-refractivity contribution in [2.24, 2.45) is 0 Å². The van der Waals surface area contributed by atoms with Gasteiger partial charge in [-0.25, -0.2) is 9.97 Å². The van der Waals surface area contributed by atoms with Gasteiger partial charge in [0.25, 0.3) is 5.91 Å². The Kier molecular flexibility index (Phi) is 5.21. The molecule has 4 rings (SSSR count). The van der Waals surface area contributed by atoms with Crippen molar-refractivity contribution >= 4 is 23.5 Å². The lowest BCUT2D eigenvalue weighted by atomic mass is 9.93. The molecule has 0 aliphatic carbocycles. The Morgan fingerprint density at radius 3 is 2.71 bits per heavy atom. The van der Waals surface area contributed by atoms with Crippen LogP contribution in [0, 0.1) is 0 Å². The van der Waals surface area contributed by atoms with E-state index in [1.165, 1.54) is 0 Å². The zero-order valence-corrected chi connectivity index (χ0v) is 16.0. The summed E-state index contributed by atoms with van der Waals surface area (Å²) in [5, 5.41) is 0.660. The Balaban J connectivity index is 1.76. The van der Waals surface area contributed by atoms with Crippen molar-refractivity contribution in [2.75, 3.05) is 12.3 Å². The van der Waals surface area contributed by atoms with Gasteiger partial charge < -0.3 is 10.6 Å². The molecule has 1 saturated heterocycles. The lowest BCUT2D eigenvalue weighted by molar-refractivity contribution is 0.0606. The Bertz CT molecular complexity index is 978. The average Bonchev–Trinajstić information content (AvgIpc) is 2.74. The standard InChI is InChI=1S/C21H20ClN5O/c22-16-8-6-14(7-9-16)17-13-25-21(23)26-19(17)18-5-1-2-11-27(18)20(28)15-4-3-10-24-12-15/h3-4,6-10,12-13,18H,1-2,5,11H2,(H2,23,25,26). The number of piperidine rings is 1. The van der Waals surface area contributed by atoms with Crippen LogP contribution in [0.4, 0.5) is 5.95 Å². The summed E-state index contributed by atoms with van der Waals surface area (Å²) in [6.07, 6.45) is 7.78. The maximum Gasteiger partial charge on any atom is 0.255 e. The smallest absolute Gasteiger partial charge is 0.255 e. The van der Waals surface area contributed by atoms with E-state index >= 15 is 0 Å². The molecule has 3 aromatic rings. The molecule has 0 radical (unpaired) electrons. The zero-order valence-electron chi connectivity index (χ0n) is 15.3. The zero-order chi connectivity index (χ0) is 19.5. The number of nitrogens with two attached hydrogens (primary N) is 1. The van der Waals surface area contributed by atoms with Crippen molar-refractivity contribution in [3.63, 3.8) is 0 Å². The van der Waals surface area contributed by atoms with E-state index in [4.69, 9.17) is 17.3 Å². The predicted molar refractivity (Wildman–Crippen MR) is 109 cm³/mol. The highest BCUT2D eigenvalue weighted by Crippen LogP contribution is 2.36. The maximum atomic E-state index is 13.2. The van der Waals surface area contributed by atoms with E-state index < -0.39 is 0 Å². The van der Waals surface area contributed by atoms with Gasteiger partial charge in [0, 0.05) is 35.7 Å². The van der Waals surface area contributed by atoms with Crippen LogP contribution in [0.1, 0.15) is 41.4 Å². The van der Waals surface area contributed by atoms with Crippen LogP contribution >= 0.6 is 11.6 Å². The van der Waals surface area contributed by atoms with Crippen molar-refractivity contribution in [1.82, 2.24) is 19.9 Å². The number of halogens is 1. The Morgan fingerprint density at radius 1 is 1.14 bits per heavy atom. The largest absolute Gasteiger partial charge is 0.368 e. The first-order valence-electron chi connectivity index (χ1n) is 9.23. The summed E-state index contributed by atoms with van der Waals surface area (Å²) in [6.45, 7) is 0.669. The second-order valence-corrected chi connectivity index (χ2v) is 7.22. The minimum atomic E-state index is -0.169. The first-order chi connectivity index (χ1) is 13.6. The number of carbonyl (C=O) groups excluding carboxylic acids is 1. The molecule has 0 saturated carbocycles. The number of benzene rings is 1. The number of aromatic nitrogens is 3. The summed E-state index contributed by atoms with van der Waals surface area (Å²) in [7, 11) is 0. The molecule has 1 aliphatic heterocycles. The number of hydrogen-bond acceptors (Lipinski definition) is 5. The molecule has 1 aliphatic rings. The third-order valence-corrected chi connectivity index (χ3v) is 5.23. The summed E-state index contributed by atoms with van der Waals surface area (Å²) in [4.78, 5) is 27.8. The number of nitrogens with zero attached hydrogens (tertiary/aromatic N) is 4. The molecule has 1 atom stereocenters. The van der Waals surface area contributed by atoms with Crippen molar-refractivity contribution < 1.29 is 4.79 Å². The van der Waals surface area contributed by atoms with Crippen LogP contribution < -0.4 is 5.73 Å². The molecule has 1 unspecified atom stereocenters. The quantitative estimate of drug-likeness (QED) is 0.722. The Labute approximate surface area is 168 Å². The first kappa shape index (κ1) is 18.4. The Morgan fingerprint density at radius 2 is 1.96 bits per heavy atom. The number of anilines is 1. The van der Waals surface area contributed by atoms with Gasteiger partial charge in [-0.05, 0) is 49.1 Å². The fourth-order valence-electron chi connectivity index (χ4n) is 3.63. The van der Waals surface area contributed by atoms with Gasteiger partial charge in [0.1, 0.15) is 0 Å². The number of rotatable bonds is 3. The highest BCUT2D eigenvalue weighted by Gasteiger charge is 2.32. The molecular weight excluding hydrogens is 374 g/mol. The molecule has 142 valence electrons. The van der Waals surface area contributed by atoms with Gasteiger partial charge in [0.15, 0.2) is 0 Å². The molecule has 0 bridgehead atoms. The van der Waals surface area contributed by atoms with E-state index in [9.17, 15) is 4.79 Å². The van der Waals surface area contributed by atoms with Crippen molar-refractivity contribution in [1.29, 1.82) is 0 Å². The molecule has 1 amide bonds. The van der Waals surface area contributed by atoms with Gasteiger partial charge in [0.2, 0.25) is 5.95 Å². The van der Waals surface area contributed by atoms with Crippen LogP contribution in [0.15, 0.2) is 55.0 Å². The summed E-state index contributed by atoms with van der Waals surface area (Å²) < 4.78 is 0. The number of hydrogen-bond donors (Lipinski definition) is 1. The fraction of sp³-hybridized carbons (Fsp3) is 0.238. The third-order valence-electron chi connectivity index (χ3n) is 4.98. The highest BCUT2D eigenvalue weighted by atomic mass is 35.5. The number of pyridine rings is 1. The molecule has 7 heteroatoms. The summed E-state index contributed by atoms with van der Waals surface area (Å²) in [6, 6.07) is 10.9. The summed E-state index contributed by atoms with van der Waals surface area (Å²) in [5.74, 6) is 0.157. The van der Waals surface area contributed by atoms with Gasteiger partial charge in [-0.1, -0.05) is 23.7 Å². The first-order valence-corrected chi connectivity index (χ1v) is 9.60. The van der Waals surface area contributed by atoms with Crippen LogP contribution in [0.5, 0.6) is 0 Å². The van der Waals surface area contributed by atoms with E-state index in [-0.39, 0.29) is 17.9 Å². The van der Waals surface area contributed by atoms with E-state index in [1.54, 1.807) is 30.7 Å². The van der Waals surface area contributed by atoms with Crippen molar-refractivity contribution in [3.8, 4) is 11.1 Å². The summed E-state index contributed by atoms with van der Waals surface area (Å²) >= 11 is 6.04. The van der Waals surface area contributed by atoms with Gasteiger partial charge in [-0.2, -0.15) is 0 Å². The van der Waals surface area contributed by atoms with Gasteiger partial charge in [-0.3, -0.25) is 9.78 Å². The number of amides is 1. The molecule has 3 heterocycles. The second-order valence-electron chi connectivity index (χ2n) is 6.79. The molecule has 0 spiro atoms. The van der Waals surface area contributed by atoms with Crippen LogP contribution in [0.2, 0.25) is 5.02 Å². The van der Waals surface area contributed by atoms with Gasteiger partial charge >= 0.3 is 0 Å². The van der Waals surface area contributed by atoms with E-state index in [0.717, 1.165) is 36.1 Å². The fourth-order valence-corrected chi connectivity index (χ4v) is 3.76. The number of nitrogen functional groups attached to an aromatic ring is 1. The van der Waals surface area contributed by atoms with Crippen LogP contribution in [0.3, 0.4) is 0 Å². The van der Waals surface area contributed by atoms with Crippen molar-refractivity contribution in [3.05, 3.63) is 71.3 Å². The Hall–Kier alpha value is -2.99. The van der Waals surface area contributed by atoms with Gasteiger partial charge in [0.05, 0.1) is 17.3 Å². The van der Waals surface area contributed by atoms with Crippen LogP contribution in [-0.4, -0.2) is 32.3 Å². The van der Waals surface area contributed by atoms with Crippen LogP contribution in [0.25, 0.3) is 11.1 Å². The molecule has 28 heavy (non-hydrogen) atoms. The van der Waals surface area contributed by atoms with E-state index in [0.29, 0.717) is 17.1 Å². The topological polar surface area (TPSA) is 85.0 Å². The predicted octanol–water partition coefficient (Wildman–Crippen LogP) is 4.14. The third kappa shape index (κ3) is 3.68. The normalized spacial score (nSPS) is 16.8. The number of likely N-dealkylation sites (tertiary alicyclic amines) is 1. The highest BCUT2D eigenvalue weighted by molar-refractivity contribution is 6.30. The molecule has 1 fully saturated rings. The number of carbonyl (C=O) groups is 1. The molecule has 2 aromatic heterocycles. The average molecular weight is 394 g/mol. The lowest BCUT2D eigenvalue weighted by Crippen LogP contribution is -2.39. The molecular formula is C21H20ClN5O. The monoisotopic (exact) mass is 393 g/mol. The minimum absolute atomic E-state index is 0.0444. The maximum absolute atomic E-state index is 13.2. The molecule has 1 aromatic carbocycles. The van der Waals surface area contributed by atoms with E-state index in [2.05, 4.69) is 15.0 Å². The van der Waals surface area contributed by atoms with E-state index in [1.807, 2.05) is 29.2 Å². The molecule has 2 N–H and O–H groups in total. The lowest BCUT2D eigenvalue weighted by Gasteiger charge is -2.36. The molecule has 6 nitrogen and oxygen atoms in total. The van der Waals surface area contributed by atoms with Crippen molar-refractivity contribution in [2.45, 2.75) is 25.3 Å². The minimum Gasteiger partial charge on any atom is -0.368 e. The SMILES string of the molecule is Nc1ncc(-c2ccc(Cl)cc2)c(C2CCCCN2C(=O)c2cccnc2)n1. The van der Waals surface area contributed by atoms with Gasteiger partial charge in [-0.15, -0.1) is 0 Å². The summed E-state index contributed by atoms with van der Waals surface area (Å²) in [5.41, 5.74) is 9.06. The van der Waals surface area contributed by atoms with Crippen LogP contribution in [-0.2, 0) is 0 Å². The second kappa shape index (κ2) is 7.94.